The summed E-state index contributed by atoms with van der Waals surface area (Å²) >= 11 is 5.80. The SMILES string of the molecule is COc1ccccc1OCc1cccc(CCl)c1. The van der Waals surface area contributed by atoms with E-state index in [9.17, 15) is 0 Å². The van der Waals surface area contributed by atoms with E-state index in [0.29, 0.717) is 12.5 Å². The highest BCUT2D eigenvalue weighted by Gasteiger charge is 2.03. The first kappa shape index (κ1) is 12.8. The minimum atomic E-state index is 0.505. The van der Waals surface area contributed by atoms with Crippen LogP contribution in [0.4, 0.5) is 0 Å². The number of methoxy groups -OCH3 is 1. The molecule has 18 heavy (non-hydrogen) atoms. The molecule has 2 nitrogen and oxygen atoms in total. The third-order valence-electron chi connectivity index (χ3n) is 2.61. The number of halogens is 1. The normalized spacial score (nSPS) is 10.1. The molecule has 0 radical (unpaired) electrons. The van der Waals surface area contributed by atoms with Crippen LogP contribution < -0.4 is 9.47 Å². The van der Waals surface area contributed by atoms with Crippen molar-refractivity contribution in [3.8, 4) is 11.5 Å². The number of alkyl halides is 1. The average Bonchev–Trinajstić information content (AvgIpc) is 2.45. The van der Waals surface area contributed by atoms with Crippen LogP contribution in [0.2, 0.25) is 0 Å². The zero-order valence-corrected chi connectivity index (χ0v) is 11.0. The molecule has 0 aliphatic carbocycles. The van der Waals surface area contributed by atoms with Gasteiger partial charge in [-0.25, -0.2) is 0 Å². The number of para-hydroxylation sites is 2. The molecule has 2 aromatic carbocycles. The number of hydrogen-bond donors (Lipinski definition) is 0. The Kier molecular flexibility index (Phi) is 4.48. The van der Waals surface area contributed by atoms with E-state index in [-0.39, 0.29) is 0 Å². The first-order chi connectivity index (χ1) is 8.83. The van der Waals surface area contributed by atoms with Gasteiger partial charge in [0.1, 0.15) is 6.61 Å². The summed E-state index contributed by atoms with van der Waals surface area (Å²) in [6, 6.07) is 15.7. The van der Waals surface area contributed by atoms with E-state index in [2.05, 4.69) is 0 Å². The minimum Gasteiger partial charge on any atom is -0.493 e. The second-order valence-electron chi connectivity index (χ2n) is 3.89. The van der Waals surface area contributed by atoms with Gasteiger partial charge in [-0.1, -0.05) is 36.4 Å². The van der Waals surface area contributed by atoms with Crippen LogP contribution in [0.3, 0.4) is 0 Å². The Morgan fingerprint density at radius 3 is 2.39 bits per heavy atom. The molecule has 0 amide bonds. The van der Waals surface area contributed by atoms with Crippen LogP contribution in [0.25, 0.3) is 0 Å². The van der Waals surface area contributed by atoms with Gasteiger partial charge < -0.3 is 9.47 Å². The number of benzene rings is 2. The Morgan fingerprint density at radius 1 is 0.944 bits per heavy atom. The van der Waals surface area contributed by atoms with Crippen LogP contribution in [0.5, 0.6) is 11.5 Å². The second kappa shape index (κ2) is 6.31. The Labute approximate surface area is 112 Å². The largest absolute Gasteiger partial charge is 0.493 e. The molecule has 0 unspecified atom stereocenters. The maximum absolute atomic E-state index is 5.80. The summed E-state index contributed by atoms with van der Waals surface area (Å²) in [7, 11) is 1.64. The van der Waals surface area contributed by atoms with E-state index < -0.39 is 0 Å². The van der Waals surface area contributed by atoms with Gasteiger partial charge in [-0.15, -0.1) is 11.6 Å². The fourth-order valence-corrected chi connectivity index (χ4v) is 1.87. The monoisotopic (exact) mass is 262 g/mol. The highest BCUT2D eigenvalue weighted by atomic mass is 35.5. The fourth-order valence-electron chi connectivity index (χ4n) is 1.70. The molecule has 0 bridgehead atoms. The van der Waals surface area contributed by atoms with Crippen LogP contribution in [-0.2, 0) is 12.5 Å². The van der Waals surface area contributed by atoms with Crippen molar-refractivity contribution in [2.24, 2.45) is 0 Å². The third kappa shape index (κ3) is 3.17. The molecule has 0 saturated heterocycles. The van der Waals surface area contributed by atoms with Gasteiger partial charge in [0.15, 0.2) is 11.5 Å². The van der Waals surface area contributed by atoms with Crippen molar-refractivity contribution in [3.05, 3.63) is 59.7 Å². The lowest BCUT2D eigenvalue weighted by Gasteiger charge is -2.10. The lowest BCUT2D eigenvalue weighted by molar-refractivity contribution is 0.284. The molecular formula is C15H15ClO2. The topological polar surface area (TPSA) is 18.5 Å². The number of rotatable bonds is 5. The Balaban J connectivity index is 2.06. The van der Waals surface area contributed by atoms with Crippen molar-refractivity contribution in [1.82, 2.24) is 0 Å². The molecule has 0 atom stereocenters. The van der Waals surface area contributed by atoms with Crippen LogP contribution in [0.1, 0.15) is 11.1 Å². The van der Waals surface area contributed by atoms with Gasteiger partial charge in [0.2, 0.25) is 0 Å². The Morgan fingerprint density at radius 2 is 1.67 bits per heavy atom. The van der Waals surface area contributed by atoms with Gasteiger partial charge in [0.05, 0.1) is 7.11 Å². The maximum atomic E-state index is 5.80. The van der Waals surface area contributed by atoms with Gasteiger partial charge in [-0.2, -0.15) is 0 Å². The summed E-state index contributed by atoms with van der Waals surface area (Å²) in [6.45, 7) is 0.505. The molecule has 0 saturated carbocycles. The van der Waals surface area contributed by atoms with E-state index in [4.69, 9.17) is 21.1 Å². The van der Waals surface area contributed by atoms with Gasteiger partial charge in [-0.05, 0) is 23.3 Å². The van der Waals surface area contributed by atoms with Crippen molar-refractivity contribution < 1.29 is 9.47 Å². The van der Waals surface area contributed by atoms with Crippen molar-refractivity contribution in [2.75, 3.05) is 7.11 Å². The molecule has 94 valence electrons. The summed E-state index contributed by atoms with van der Waals surface area (Å²) < 4.78 is 11.0. The highest BCUT2D eigenvalue weighted by molar-refractivity contribution is 6.17. The van der Waals surface area contributed by atoms with Gasteiger partial charge in [-0.3, -0.25) is 0 Å². The molecule has 0 N–H and O–H groups in total. The molecule has 2 aromatic rings. The molecular weight excluding hydrogens is 248 g/mol. The van der Waals surface area contributed by atoms with Crippen molar-refractivity contribution >= 4 is 11.6 Å². The first-order valence-electron chi connectivity index (χ1n) is 5.73. The number of hydrogen-bond acceptors (Lipinski definition) is 2. The van der Waals surface area contributed by atoms with Crippen LogP contribution in [-0.4, -0.2) is 7.11 Å². The first-order valence-corrected chi connectivity index (χ1v) is 6.26. The Hall–Kier alpha value is -1.67. The average molecular weight is 263 g/mol. The van der Waals surface area contributed by atoms with Crippen molar-refractivity contribution in [1.29, 1.82) is 0 Å². The predicted molar refractivity (Wildman–Crippen MR) is 73.3 cm³/mol. The zero-order chi connectivity index (χ0) is 12.8. The third-order valence-corrected chi connectivity index (χ3v) is 2.92. The summed E-state index contributed by atoms with van der Waals surface area (Å²) in [5.74, 6) is 2.00. The molecule has 3 heteroatoms. The molecule has 0 heterocycles. The quantitative estimate of drug-likeness (QED) is 0.758. The Bertz CT molecular complexity index is 511. The predicted octanol–water partition coefficient (Wildman–Crippen LogP) is 4.01. The van der Waals surface area contributed by atoms with Gasteiger partial charge >= 0.3 is 0 Å². The second-order valence-corrected chi connectivity index (χ2v) is 4.16. The van der Waals surface area contributed by atoms with E-state index in [1.165, 1.54) is 0 Å². The molecule has 2 rings (SSSR count). The van der Waals surface area contributed by atoms with E-state index in [1.54, 1.807) is 7.11 Å². The molecule has 0 aromatic heterocycles. The molecule has 0 aliphatic rings. The van der Waals surface area contributed by atoms with Crippen molar-refractivity contribution in [3.63, 3.8) is 0 Å². The van der Waals surface area contributed by atoms with Crippen LogP contribution in [0.15, 0.2) is 48.5 Å². The highest BCUT2D eigenvalue weighted by Crippen LogP contribution is 2.26. The lowest BCUT2D eigenvalue weighted by Crippen LogP contribution is -1.98. The smallest absolute Gasteiger partial charge is 0.161 e. The number of ether oxygens (including phenoxy) is 2. The zero-order valence-electron chi connectivity index (χ0n) is 10.2. The van der Waals surface area contributed by atoms with Crippen LogP contribution >= 0.6 is 11.6 Å². The van der Waals surface area contributed by atoms with Crippen LogP contribution in [0, 0.1) is 0 Å². The van der Waals surface area contributed by atoms with E-state index in [1.807, 2.05) is 48.5 Å². The summed E-state index contributed by atoms with van der Waals surface area (Å²) in [4.78, 5) is 0. The maximum Gasteiger partial charge on any atom is 0.161 e. The molecule has 0 aliphatic heterocycles. The lowest BCUT2D eigenvalue weighted by atomic mass is 10.1. The van der Waals surface area contributed by atoms with E-state index in [0.717, 1.165) is 22.6 Å². The standard InChI is InChI=1S/C15H15ClO2/c1-17-14-7-2-3-8-15(14)18-11-13-6-4-5-12(9-13)10-16/h2-9H,10-11H2,1H3. The summed E-state index contributed by atoms with van der Waals surface area (Å²) in [5.41, 5.74) is 2.19. The van der Waals surface area contributed by atoms with Crippen molar-refractivity contribution in [2.45, 2.75) is 12.5 Å². The van der Waals surface area contributed by atoms with E-state index >= 15 is 0 Å². The summed E-state index contributed by atoms with van der Waals surface area (Å²) in [5, 5.41) is 0. The van der Waals surface area contributed by atoms with Gasteiger partial charge in [0.25, 0.3) is 0 Å². The van der Waals surface area contributed by atoms with Gasteiger partial charge in [0, 0.05) is 5.88 Å². The molecule has 0 spiro atoms. The minimum absolute atomic E-state index is 0.505. The molecule has 0 fully saturated rings. The summed E-state index contributed by atoms with van der Waals surface area (Å²) in [6.07, 6.45) is 0. The fraction of sp³-hybridized carbons (Fsp3) is 0.200.